The zero-order valence-corrected chi connectivity index (χ0v) is 15.3. The lowest BCUT2D eigenvalue weighted by Gasteiger charge is -2.30. The number of benzene rings is 2. The van der Waals surface area contributed by atoms with Crippen LogP contribution in [0.1, 0.15) is 26.8 Å². The van der Waals surface area contributed by atoms with E-state index in [1.807, 2.05) is 23.6 Å². The van der Waals surface area contributed by atoms with Crippen LogP contribution in [0.25, 0.3) is 0 Å². The van der Waals surface area contributed by atoms with E-state index in [2.05, 4.69) is 28.4 Å². The molecule has 2 heterocycles. The van der Waals surface area contributed by atoms with Crippen molar-refractivity contribution in [3.8, 4) is 0 Å². The van der Waals surface area contributed by atoms with E-state index >= 15 is 0 Å². The Labute approximate surface area is 160 Å². The van der Waals surface area contributed by atoms with Crippen LogP contribution in [0, 0.1) is 11.6 Å². The molecule has 0 aliphatic carbocycles. The topological polar surface area (TPSA) is 32.3 Å². The standard InChI is InChI=1S/C21H18F2N2OS/c22-16-8-7-15(12-17(16)23)21(26)24-13-19(20-6-3-11-27-20)25-10-9-14-4-1-2-5-18(14)25/h1-8,11-12,19H,9-10,13H2,(H,24,26). The molecule has 0 spiro atoms. The molecule has 1 aliphatic heterocycles. The molecule has 1 unspecified atom stereocenters. The summed E-state index contributed by atoms with van der Waals surface area (Å²) in [6.45, 7) is 1.26. The average Bonchev–Trinajstić information content (AvgIpc) is 3.35. The van der Waals surface area contributed by atoms with E-state index in [1.54, 1.807) is 11.3 Å². The van der Waals surface area contributed by atoms with Gasteiger partial charge in [-0.15, -0.1) is 11.3 Å². The van der Waals surface area contributed by atoms with Crippen molar-refractivity contribution in [2.45, 2.75) is 12.5 Å². The number of hydrogen-bond donors (Lipinski definition) is 1. The third-order valence-corrected chi connectivity index (χ3v) is 5.78. The van der Waals surface area contributed by atoms with E-state index in [4.69, 9.17) is 0 Å². The molecule has 1 atom stereocenters. The van der Waals surface area contributed by atoms with Gasteiger partial charge in [0, 0.05) is 29.2 Å². The predicted molar refractivity (Wildman–Crippen MR) is 103 cm³/mol. The maximum absolute atomic E-state index is 13.4. The fourth-order valence-corrected chi connectivity index (χ4v) is 4.30. The number of hydrogen-bond acceptors (Lipinski definition) is 3. The first-order valence-corrected chi connectivity index (χ1v) is 9.62. The number of fused-ring (bicyclic) bond motifs is 1. The molecule has 3 aromatic rings. The predicted octanol–water partition coefficient (Wildman–Crippen LogP) is 4.56. The largest absolute Gasteiger partial charge is 0.361 e. The second-order valence-corrected chi connectivity index (χ2v) is 7.42. The summed E-state index contributed by atoms with van der Waals surface area (Å²) < 4.78 is 26.5. The number of thiophene rings is 1. The normalized spacial score (nSPS) is 14.1. The molecule has 1 amide bonds. The number of rotatable bonds is 5. The van der Waals surface area contributed by atoms with Gasteiger partial charge in [0.15, 0.2) is 11.6 Å². The van der Waals surface area contributed by atoms with Crippen LogP contribution in [0.4, 0.5) is 14.5 Å². The SMILES string of the molecule is O=C(NCC(c1cccs1)N1CCc2ccccc21)c1ccc(F)c(F)c1. The van der Waals surface area contributed by atoms with Crippen molar-refractivity contribution < 1.29 is 13.6 Å². The lowest BCUT2D eigenvalue weighted by atomic mass is 10.1. The second kappa shape index (κ2) is 7.48. The van der Waals surface area contributed by atoms with Gasteiger partial charge in [0.1, 0.15) is 0 Å². The average molecular weight is 384 g/mol. The van der Waals surface area contributed by atoms with Gasteiger partial charge in [0.25, 0.3) is 5.91 Å². The number of nitrogens with zero attached hydrogens (tertiary/aromatic N) is 1. The Balaban J connectivity index is 1.54. The van der Waals surface area contributed by atoms with Gasteiger partial charge in [-0.3, -0.25) is 4.79 Å². The second-order valence-electron chi connectivity index (χ2n) is 6.44. The fraction of sp³-hybridized carbons (Fsp3) is 0.190. The number of anilines is 1. The minimum atomic E-state index is -1.02. The van der Waals surface area contributed by atoms with Gasteiger partial charge >= 0.3 is 0 Å². The van der Waals surface area contributed by atoms with Gasteiger partial charge in [0.05, 0.1) is 6.04 Å². The molecule has 0 radical (unpaired) electrons. The summed E-state index contributed by atoms with van der Waals surface area (Å²) in [6, 6.07) is 15.5. The first-order valence-electron chi connectivity index (χ1n) is 8.74. The first kappa shape index (κ1) is 17.7. The lowest BCUT2D eigenvalue weighted by Crippen LogP contribution is -2.37. The van der Waals surface area contributed by atoms with Crippen molar-refractivity contribution in [3.63, 3.8) is 0 Å². The molecule has 2 aromatic carbocycles. The summed E-state index contributed by atoms with van der Waals surface area (Å²) in [4.78, 5) is 15.9. The molecular formula is C21H18F2N2OS. The van der Waals surface area contributed by atoms with E-state index in [-0.39, 0.29) is 11.6 Å². The van der Waals surface area contributed by atoms with E-state index in [1.165, 1.54) is 17.3 Å². The molecule has 0 saturated heterocycles. The van der Waals surface area contributed by atoms with Crippen LogP contribution in [0.3, 0.4) is 0 Å². The van der Waals surface area contributed by atoms with Crippen LogP contribution in [0.2, 0.25) is 0 Å². The van der Waals surface area contributed by atoms with Gasteiger partial charge in [-0.25, -0.2) is 8.78 Å². The smallest absolute Gasteiger partial charge is 0.251 e. The summed E-state index contributed by atoms with van der Waals surface area (Å²) >= 11 is 1.64. The Morgan fingerprint density at radius 2 is 1.96 bits per heavy atom. The molecule has 1 N–H and O–H groups in total. The minimum Gasteiger partial charge on any atom is -0.361 e. The van der Waals surface area contributed by atoms with E-state index < -0.39 is 17.5 Å². The van der Waals surface area contributed by atoms with Crippen molar-refractivity contribution in [1.82, 2.24) is 5.32 Å². The zero-order valence-electron chi connectivity index (χ0n) is 14.5. The third-order valence-electron chi connectivity index (χ3n) is 4.81. The Morgan fingerprint density at radius 3 is 2.74 bits per heavy atom. The van der Waals surface area contributed by atoms with Crippen LogP contribution < -0.4 is 10.2 Å². The number of carbonyl (C=O) groups excluding carboxylic acids is 1. The molecule has 0 saturated carbocycles. The van der Waals surface area contributed by atoms with Gasteiger partial charge < -0.3 is 10.2 Å². The summed E-state index contributed by atoms with van der Waals surface area (Å²) in [5, 5.41) is 4.89. The number of para-hydroxylation sites is 1. The number of amides is 1. The van der Waals surface area contributed by atoms with Crippen LogP contribution in [0.15, 0.2) is 60.0 Å². The molecule has 1 aliphatic rings. The highest BCUT2D eigenvalue weighted by Gasteiger charge is 2.28. The molecule has 0 fully saturated rings. The molecule has 138 valence electrons. The molecule has 1 aromatic heterocycles. The van der Waals surface area contributed by atoms with Crippen molar-refractivity contribution in [3.05, 3.63) is 87.6 Å². The maximum atomic E-state index is 13.4. The Morgan fingerprint density at radius 1 is 1.11 bits per heavy atom. The van der Waals surface area contributed by atoms with Crippen molar-refractivity contribution in [2.75, 3.05) is 18.0 Å². The zero-order chi connectivity index (χ0) is 18.8. The number of nitrogens with one attached hydrogen (secondary N) is 1. The number of carbonyl (C=O) groups is 1. The van der Waals surface area contributed by atoms with Crippen LogP contribution in [-0.2, 0) is 6.42 Å². The highest BCUT2D eigenvalue weighted by atomic mass is 32.1. The highest BCUT2D eigenvalue weighted by molar-refractivity contribution is 7.10. The number of halogens is 2. The minimum absolute atomic E-state index is 0.0112. The van der Waals surface area contributed by atoms with Crippen molar-refractivity contribution in [1.29, 1.82) is 0 Å². The summed E-state index contributed by atoms with van der Waals surface area (Å²) in [5.74, 6) is -2.40. The molecule has 27 heavy (non-hydrogen) atoms. The van der Waals surface area contributed by atoms with Crippen molar-refractivity contribution in [2.24, 2.45) is 0 Å². The van der Waals surface area contributed by atoms with Gasteiger partial charge in [0.2, 0.25) is 0 Å². The maximum Gasteiger partial charge on any atom is 0.251 e. The van der Waals surface area contributed by atoms with Crippen LogP contribution in [-0.4, -0.2) is 19.0 Å². The van der Waals surface area contributed by atoms with E-state index in [9.17, 15) is 13.6 Å². The summed E-state index contributed by atoms with van der Waals surface area (Å²) in [7, 11) is 0. The molecule has 3 nitrogen and oxygen atoms in total. The van der Waals surface area contributed by atoms with Crippen molar-refractivity contribution >= 4 is 22.9 Å². The Bertz CT molecular complexity index is 959. The summed E-state index contributed by atoms with van der Waals surface area (Å²) in [6.07, 6.45) is 0.967. The third kappa shape index (κ3) is 3.57. The monoisotopic (exact) mass is 384 g/mol. The summed E-state index contributed by atoms with van der Waals surface area (Å²) in [5.41, 5.74) is 2.59. The first-order chi connectivity index (χ1) is 13.1. The quantitative estimate of drug-likeness (QED) is 0.699. The van der Waals surface area contributed by atoms with E-state index in [0.29, 0.717) is 6.54 Å². The molecule has 6 heteroatoms. The highest BCUT2D eigenvalue weighted by Crippen LogP contribution is 2.36. The molecule has 4 rings (SSSR count). The van der Waals surface area contributed by atoms with Crippen LogP contribution in [0.5, 0.6) is 0 Å². The lowest BCUT2D eigenvalue weighted by molar-refractivity contribution is 0.0950. The van der Waals surface area contributed by atoms with E-state index in [0.717, 1.165) is 30.0 Å². The molecular weight excluding hydrogens is 366 g/mol. The van der Waals surface area contributed by atoms with Crippen LogP contribution >= 0.6 is 11.3 Å². The van der Waals surface area contributed by atoms with Gasteiger partial charge in [-0.2, -0.15) is 0 Å². The van der Waals surface area contributed by atoms with Gasteiger partial charge in [-0.1, -0.05) is 24.3 Å². The fourth-order valence-electron chi connectivity index (χ4n) is 3.46. The van der Waals surface area contributed by atoms with Gasteiger partial charge in [-0.05, 0) is 47.7 Å². The Hall–Kier alpha value is -2.73. The Kier molecular flexibility index (Phi) is 4.90. The molecule has 0 bridgehead atoms.